The van der Waals surface area contributed by atoms with Crippen LogP contribution >= 0.6 is 15.9 Å². The molecule has 0 spiro atoms. The number of aromatic nitrogens is 1. The van der Waals surface area contributed by atoms with Crippen molar-refractivity contribution < 1.29 is 13.5 Å². The Morgan fingerprint density at radius 3 is 2.30 bits per heavy atom. The highest BCUT2D eigenvalue weighted by molar-refractivity contribution is 9.10. The highest BCUT2D eigenvalue weighted by Crippen LogP contribution is 2.34. The summed E-state index contributed by atoms with van der Waals surface area (Å²) in [5, 5.41) is 0.854. The average molecular weight is 469 g/mol. The Bertz CT molecular complexity index is 1180. The maximum Gasteiger partial charge on any atom is 0.358 e. The van der Waals surface area contributed by atoms with Crippen molar-refractivity contribution in [1.82, 2.24) is 4.57 Å². The van der Waals surface area contributed by atoms with E-state index in [-0.39, 0.29) is 12.4 Å². The van der Waals surface area contributed by atoms with Crippen LogP contribution in [0.25, 0.3) is 22.2 Å². The van der Waals surface area contributed by atoms with Gasteiger partial charge >= 0.3 is 4.83 Å². The van der Waals surface area contributed by atoms with Crippen molar-refractivity contribution >= 4 is 32.7 Å². The zero-order chi connectivity index (χ0) is 21.1. The van der Waals surface area contributed by atoms with Crippen molar-refractivity contribution in [2.24, 2.45) is 4.99 Å². The molecule has 0 aliphatic carbocycles. The number of fused-ring (bicyclic) bond motifs is 1. The lowest BCUT2D eigenvalue weighted by atomic mass is 10.1. The van der Waals surface area contributed by atoms with Gasteiger partial charge in [-0.25, -0.2) is 0 Å². The number of hydrogen-bond acceptors (Lipinski definition) is 2. The Hall–Kier alpha value is -2.99. The molecule has 4 aromatic rings. The van der Waals surface area contributed by atoms with E-state index in [0.29, 0.717) is 17.0 Å². The van der Waals surface area contributed by atoms with Crippen LogP contribution in [0, 0.1) is 0 Å². The van der Waals surface area contributed by atoms with Crippen LogP contribution in [0.5, 0.6) is 5.75 Å². The summed E-state index contributed by atoms with van der Waals surface area (Å²) in [6.45, 7) is 0.145. The van der Waals surface area contributed by atoms with Gasteiger partial charge in [0.05, 0.1) is 24.9 Å². The number of rotatable bonds is 5. The van der Waals surface area contributed by atoms with Crippen molar-refractivity contribution in [1.29, 1.82) is 0 Å². The lowest BCUT2D eigenvalue weighted by molar-refractivity contribution is 0.189. The van der Waals surface area contributed by atoms with E-state index in [1.165, 1.54) is 4.57 Å². The molecule has 3 aromatic carbocycles. The van der Waals surface area contributed by atoms with Crippen LogP contribution in [0.3, 0.4) is 0 Å². The molecule has 0 saturated carbocycles. The number of alkyl halides is 3. The molecule has 0 amide bonds. The molecule has 1 aromatic heterocycles. The Balaban J connectivity index is 1.91. The largest absolute Gasteiger partial charge is 0.497 e. The highest BCUT2D eigenvalue weighted by Gasteiger charge is 2.36. The molecule has 0 unspecified atom stereocenters. The van der Waals surface area contributed by atoms with Crippen LogP contribution in [0.4, 0.5) is 8.78 Å². The van der Waals surface area contributed by atoms with Crippen LogP contribution in [0.15, 0.2) is 89.9 Å². The van der Waals surface area contributed by atoms with E-state index in [1.54, 1.807) is 7.11 Å². The summed E-state index contributed by atoms with van der Waals surface area (Å²) in [7, 11) is 1.59. The monoisotopic (exact) mass is 468 g/mol. The van der Waals surface area contributed by atoms with Gasteiger partial charge in [0.2, 0.25) is 0 Å². The van der Waals surface area contributed by atoms with E-state index in [9.17, 15) is 8.78 Å². The Labute approximate surface area is 181 Å². The van der Waals surface area contributed by atoms with Crippen molar-refractivity contribution in [2.75, 3.05) is 7.11 Å². The maximum atomic E-state index is 14.7. The zero-order valence-electron chi connectivity index (χ0n) is 16.2. The molecular formula is C24H19BrF2N2O. The predicted molar refractivity (Wildman–Crippen MR) is 121 cm³/mol. The molecule has 0 N–H and O–H groups in total. The normalized spacial score (nSPS) is 12.3. The average Bonchev–Trinajstić information content (AvgIpc) is 3.13. The fraction of sp³-hybridized carbons (Fsp3) is 0.125. The Kier molecular flexibility index (Phi) is 5.68. The molecule has 0 fully saturated rings. The summed E-state index contributed by atoms with van der Waals surface area (Å²) in [5.41, 5.74) is 2.93. The molecule has 0 aliphatic heterocycles. The molecule has 0 aliphatic rings. The maximum absolute atomic E-state index is 14.7. The first-order chi connectivity index (χ1) is 14.5. The molecule has 0 radical (unpaired) electrons. The van der Waals surface area contributed by atoms with Crippen molar-refractivity contribution in [3.63, 3.8) is 0 Å². The fourth-order valence-electron chi connectivity index (χ4n) is 3.39. The molecule has 30 heavy (non-hydrogen) atoms. The summed E-state index contributed by atoms with van der Waals surface area (Å²) in [6, 6.07) is 26.0. The first-order valence-corrected chi connectivity index (χ1v) is 10.2. The van der Waals surface area contributed by atoms with Gasteiger partial charge < -0.3 is 4.74 Å². The van der Waals surface area contributed by atoms with Gasteiger partial charge in [-0.2, -0.15) is 8.78 Å². The minimum absolute atomic E-state index is 0.145. The molecular weight excluding hydrogens is 450 g/mol. The van der Waals surface area contributed by atoms with Crippen LogP contribution in [0.1, 0.15) is 5.56 Å². The van der Waals surface area contributed by atoms with Gasteiger partial charge in [0.15, 0.2) is 5.84 Å². The van der Waals surface area contributed by atoms with Crippen LogP contribution in [-0.4, -0.2) is 22.3 Å². The second-order valence-corrected chi connectivity index (χ2v) is 7.77. The molecule has 0 saturated heterocycles. The highest BCUT2D eigenvalue weighted by atomic mass is 79.9. The summed E-state index contributed by atoms with van der Waals surface area (Å²) < 4.78 is 36.2. The number of para-hydroxylation sites is 1. The number of halogens is 3. The van der Waals surface area contributed by atoms with E-state index >= 15 is 0 Å². The lowest BCUT2D eigenvalue weighted by Gasteiger charge is -2.18. The molecule has 0 atom stereocenters. The summed E-state index contributed by atoms with van der Waals surface area (Å²) in [6.07, 6.45) is 0. The van der Waals surface area contributed by atoms with Crippen LogP contribution in [0.2, 0.25) is 0 Å². The second kappa shape index (κ2) is 8.40. The Morgan fingerprint density at radius 1 is 0.967 bits per heavy atom. The molecule has 152 valence electrons. The number of nitrogens with zero attached hydrogens (tertiary/aromatic N) is 2. The zero-order valence-corrected chi connectivity index (χ0v) is 17.8. The molecule has 1 heterocycles. The molecule has 4 rings (SSSR count). The standard InChI is InChI=1S/C24H19BrF2N2O/c1-30-20-13-11-18(12-14-20)22-15-19-9-5-6-10-21(19)29(22)23(24(25,26)27)28-16-17-7-3-2-4-8-17/h2-15H,16H2,1H3. The lowest BCUT2D eigenvalue weighted by Crippen LogP contribution is -2.29. The van der Waals surface area contributed by atoms with Gasteiger partial charge in [-0.05, 0) is 63.5 Å². The minimum Gasteiger partial charge on any atom is -0.497 e. The SMILES string of the molecule is COc1ccc(-c2cc3ccccc3n2C(=NCc2ccccc2)C(F)(F)Br)cc1. The first kappa shape index (κ1) is 20.3. The second-order valence-electron chi connectivity index (χ2n) is 6.78. The number of methoxy groups -OCH3 is 1. The summed E-state index contributed by atoms with van der Waals surface area (Å²) >= 11 is 2.55. The topological polar surface area (TPSA) is 26.5 Å². The van der Waals surface area contributed by atoms with Crippen molar-refractivity contribution in [2.45, 2.75) is 11.4 Å². The third kappa shape index (κ3) is 4.14. The number of ether oxygens (including phenoxy) is 1. The van der Waals surface area contributed by atoms with Crippen molar-refractivity contribution in [3.05, 3.63) is 90.5 Å². The predicted octanol–water partition coefficient (Wildman–Crippen LogP) is 6.75. The smallest absolute Gasteiger partial charge is 0.358 e. The van der Waals surface area contributed by atoms with E-state index in [0.717, 1.165) is 16.5 Å². The van der Waals surface area contributed by atoms with Crippen LogP contribution < -0.4 is 4.74 Å². The molecule has 6 heteroatoms. The third-order valence-corrected chi connectivity index (χ3v) is 5.17. The Morgan fingerprint density at radius 2 is 1.63 bits per heavy atom. The minimum atomic E-state index is -3.31. The van der Waals surface area contributed by atoms with E-state index in [4.69, 9.17) is 4.74 Å². The van der Waals surface area contributed by atoms with Crippen LogP contribution in [-0.2, 0) is 6.54 Å². The molecule has 3 nitrogen and oxygen atoms in total. The van der Waals surface area contributed by atoms with Crippen molar-refractivity contribution in [3.8, 4) is 17.0 Å². The van der Waals surface area contributed by atoms with E-state index in [2.05, 4.69) is 20.9 Å². The summed E-state index contributed by atoms with van der Waals surface area (Å²) in [5.74, 6) is 0.337. The van der Waals surface area contributed by atoms with Gasteiger partial charge in [-0.15, -0.1) is 0 Å². The number of aliphatic imine (C=N–C) groups is 1. The first-order valence-electron chi connectivity index (χ1n) is 9.38. The number of hydrogen-bond donors (Lipinski definition) is 0. The van der Waals surface area contributed by atoms with Gasteiger partial charge in [0.1, 0.15) is 5.75 Å². The molecule has 0 bridgehead atoms. The van der Waals surface area contributed by atoms with Gasteiger partial charge in [0, 0.05) is 5.39 Å². The number of benzene rings is 3. The summed E-state index contributed by atoms with van der Waals surface area (Å²) in [4.78, 5) is 1.02. The fourth-order valence-corrected chi connectivity index (χ4v) is 3.70. The van der Waals surface area contributed by atoms with Gasteiger partial charge in [-0.3, -0.25) is 9.56 Å². The van der Waals surface area contributed by atoms with E-state index < -0.39 is 4.83 Å². The van der Waals surface area contributed by atoms with Gasteiger partial charge in [0.25, 0.3) is 0 Å². The third-order valence-electron chi connectivity index (χ3n) is 4.82. The quantitative estimate of drug-likeness (QED) is 0.180. The van der Waals surface area contributed by atoms with Gasteiger partial charge in [-0.1, -0.05) is 48.5 Å². The van der Waals surface area contributed by atoms with E-state index in [1.807, 2.05) is 84.9 Å².